The summed E-state index contributed by atoms with van der Waals surface area (Å²) in [6.07, 6.45) is 3.18. The highest BCUT2D eigenvalue weighted by atomic mass is 16.3. The van der Waals surface area contributed by atoms with Crippen LogP contribution < -0.4 is 5.43 Å². The topological polar surface area (TPSA) is 101 Å². The van der Waals surface area contributed by atoms with Crippen molar-refractivity contribution >= 4 is 16.8 Å². The molecule has 4 aromatic rings. The summed E-state index contributed by atoms with van der Waals surface area (Å²) >= 11 is 0. The fraction of sp³-hybridized carbons (Fsp3) is 0.269. The van der Waals surface area contributed by atoms with Gasteiger partial charge in [0.25, 0.3) is 5.91 Å². The predicted octanol–water partition coefficient (Wildman–Crippen LogP) is 2.87. The van der Waals surface area contributed by atoms with Gasteiger partial charge < -0.3 is 19.7 Å². The van der Waals surface area contributed by atoms with Gasteiger partial charge in [-0.25, -0.2) is 0 Å². The van der Waals surface area contributed by atoms with E-state index in [2.05, 4.69) is 22.8 Å². The zero-order valence-electron chi connectivity index (χ0n) is 19.0. The maximum Gasteiger partial charge on any atom is 0.275 e. The lowest BCUT2D eigenvalue weighted by atomic mass is 9.83. The van der Waals surface area contributed by atoms with Gasteiger partial charge in [0, 0.05) is 43.2 Å². The minimum Gasteiger partial charge on any atom is -0.502 e. The average molecular weight is 459 g/mol. The smallest absolute Gasteiger partial charge is 0.275 e. The lowest BCUT2D eigenvalue weighted by Gasteiger charge is -2.37. The molecule has 0 spiro atoms. The van der Waals surface area contributed by atoms with E-state index in [1.54, 1.807) is 7.05 Å². The molecule has 2 aromatic heterocycles. The Morgan fingerprint density at radius 3 is 2.62 bits per heavy atom. The van der Waals surface area contributed by atoms with Gasteiger partial charge in [0.2, 0.25) is 5.43 Å². The molecule has 2 N–H and O–H groups in total. The number of amides is 1. The third kappa shape index (κ3) is 3.38. The Hall–Kier alpha value is -3.91. The molecule has 2 aromatic carbocycles. The van der Waals surface area contributed by atoms with E-state index in [-0.39, 0.29) is 24.3 Å². The van der Waals surface area contributed by atoms with E-state index in [4.69, 9.17) is 0 Å². The molecule has 8 nitrogen and oxygen atoms in total. The normalized spacial score (nSPS) is 16.6. The third-order valence-electron chi connectivity index (χ3n) is 6.69. The van der Waals surface area contributed by atoms with Crippen molar-refractivity contribution < 1.29 is 15.0 Å². The zero-order chi connectivity index (χ0) is 24.0. The molecule has 8 heteroatoms. The number of rotatable bonds is 5. The molecule has 0 saturated heterocycles. The molecule has 0 fully saturated rings. The Bertz CT molecular complexity index is 1440. The summed E-state index contributed by atoms with van der Waals surface area (Å²) in [6.45, 7) is 3.13. The maximum absolute atomic E-state index is 12.9. The van der Waals surface area contributed by atoms with Crippen LogP contribution in [0, 0.1) is 0 Å². The first kappa shape index (κ1) is 21.9. The van der Waals surface area contributed by atoms with Crippen LogP contribution in [0.15, 0.2) is 65.7 Å². The van der Waals surface area contributed by atoms with Crippen LogP contribution in [0.5, 0.6) is 5.75 Å². The fourth-order valence-corrected chi connectivity index (χ4v) is 5.02. The number of aliphatic hydroxyl groups excluding tert-OH is 1. The van der Waals surface area contributed by atoms with E-state index < -0.39 is 17.1 Å². The summed E-state index contributed by atoms with van der Waals surface area (Å²) in [5.41, 5.74) is 3.16. The van der Waals surface area contributed by atoms with Crippen LogP contribution in [0.2, 0.25) is 0 Å². The average Bonchev–Trinajstić information content (AvgIpc) is 3.22. The third-order valence-corrected chi connectivity index (χ3v) is 6.69. The van der Waals surface area contributed by atoms with Crippen LogP contribution in [-0.2, 0) is 13.2 Å². The lowest BCUT2D eigenvalue weighted by molar-refractivity contribution is 0.0686. The van der Waals surface area contributed by atoms with E-state index in [0.29, 0.717) is 6.54 Å². The second-order valence-corrected chi connectivity index (χ2v) is 8.67. The van der Waals surface area contributed by atoms with Gasteiger partial charge in [-0.3, -0.25) is 14.3 Å². The lowest BCUT2D eigenvalue weighted by Crippen LogP contribution is -2.45. The second kappa shape index (κ2) is 8.46. The molecule has 0 aliphatic carbocycles. The number of hydrogen-bond acceptors (Lipinski definition) is 5. The van der Waals surface area contributed by atoms with Gasteiger partial charge in [-0.2, -0.15) is 5.10 Å². The van der Waals surface area contributed by atoms with E-state index >= 15 is 0 Å². The molecule has 3 heterocycles. The molecule has 5 rings (SSSR count). The fourth-order valence-electron chi connectivity index (χ4n) is 5.02. The highest BCUT2D eigenvalue weighted by Gasteiger charge is 2.39. The van der Waals surface area contributed by atoms with Crippen molar-refractivity contribution in [2.45, 2.75) is 32.0 Å². The standard InChI is InChI=1S/C26H26N4O4/c1-3-29-13-19(18-10-9-16(15-31)11-20(18)29)23(17-7-5-4-6-8-17)21-14-28(2)26(34)24-25(33)22(32)12-27-30(21)24/h4-13,21,23,31,33H,3,14-15H2,1-2H3. The second-order valence-electron chi connectivity index (χ2n) is 8.67. The summed E-state index contributed by atoms with van der Waals surface area (Å²) in [5.74, 6) is -1.23. The van der Waals surface area contributed by atoms with Gasteiger partial charge in [0.1, 0.15) is 0 Å². The van der Waals surface area contributed by atoms with Crippen molar-refractivity contribution in [1.29, 1.82) is 0 Å². The first-order chi connectivity index (χ1) is 16.4. The number of carbonyl (C=O) groups is 1. The van der Waals surface area contributed by atoms with Gasteiger partial charge in [-0.15, -0.1) is 0 Å². The van der Waals surface area contributed by atoms with Crippen LogP contribution in [0.25, 0.3) is 10.9 Å². The zero-order valence-corrected chi connectivity index (χ0v) is 19.0. The van der Waals surface area contributed by atoms with E-state index in [9.17, 15) is 19.8 Å². The molecule has 1 aliphatic heterocycles. The summed E-state index contributed by atoms with van der Waals surface area (Å²) in [6, 6.07) is 15.6. The van der Waals surface area contributed by atoms with E-state index in [1.807, 2.05) is 48.5 Å². The Morgan fingerprint density at radius 2 is 1.91 bits per heavy atom. The molecular weight excluding hydrogens is 432 g/mol. The largest absolute Gasteiger partial charge is 0.502 e. The summed E-state index contributed by atoms with van der Waals surface area (Å²) in [5, 5.41) is 25.5. The molecule has 0 radical (unpaired) electrons. The molecule has 2 atom stereocenters. The molecule has 0 saturated carbocycles. The number of aromatic hydroxyl groups is 1. The molecule has 1 aliphatic rings. The highest BCUT2D eigenvalue weighted by molar-refractivity contribution is 5.95. The van der Waals surface area contributed by atoms with Gasteiger partial charge in [-0.1, -0.05) is 42.5 Å². The number of aromatic nitrogens is 3. The quantitative estimate of drug-likeness (QED) is 0.479. The first-order valence-corrected chi connectivity index (χ1v) is 11.3. The number of aryl methyl sites for hydroxylation is 1. The SMILES string of the molecule is CCn1cc(C(c2ccccc2)C2CN(C)C(=O)c3c(O)c(=O)cnn32)c2ccc(CO)cc21. The van der Waals surface area contributed by atoms with Crippen LogP contribution in [0.1, 0.15) is 46.1 Å². The molecule has 0 bridgehead atoms. The number of likely N-dealkylation sites (N-methyl/N-ethyl adjacent to an activating group) is 1. The van der Waals surface area contributed by atoms with E-state index in [0.717, 1.165) is 40.3 Å². The minimum absolute atomic E-state index is 0.0399. The Kier molecular flexibility index (Phi) is 5.45. The van der Waals surface area contributed by atoms with E-state index in [1.165, 1.54) is 9.58 Å². The van der Waals surface area contributed by atoms with Crippen molar-refractivity contribution in [3.8, 4) is 5.75 Å². The molecule has 34 heavy (non-hydrogen) atoms. The van der Waals surface area contributed by atoms with Crippen LogP contribution >= 0.6 is 0 Å². The van der Waals surface area contributed by atoms with Gasteiger partial charge in [0.05, 0.1) is 18.8 Å². The van der Waals surface area contributed by atoms with Crippen molar-refractivity contribution in [3.05, 3.63) is 93.5 Å². The first-order valence-electron chi connectivity index (χ1n) is 11.3. The summed E-state index contributed by atoms with van der Waals surface area (Å²) in [7, 11) is 1.67. The molecule has 174 valence electrons. The van der Waals surface area contributed by atoms with Crippen molar-refractivity contribution in [2.24, 2.45) is 0 Å². The Morgan fingerprint density at radius 1 is 1.15 bits per heavy atom. The number of aliphatic hydroxyl groups is 1. The molecular formula is C26H26N4O4. The van der Waals surface area contributed by atoms with Crippen molar-refractivity contribution in [2.75, 3.05) is 13.6 Å². The molecule has 1 amide bonds. The van der Waals surface area contributed by atoms with Crippen LogP contribution in [-0.4, -0.2) is 49.0 Å². The van der Waals surface area contributed by atoms with Gasteiger partial charge in [-0.05, 0) is 29.7 Å². The van der Waals surface area contributed by atoms with Crippen LogP contribution in [0.4, 0.5) is 0 Å². The predicted molar refractivity (Wildman–Crippen MR) is 128 cm³/mol. The Balaban J connectivity index is 1.79. The summed E-state index contributed by atoms with van der Waals surface area (Å²) < 4.78 is 3.66. The van der Waals surface area contributed by atoms with Crippen molar-refractivity contribution in [3.63, 3.8) is 0 Å². The number of hydrogen-bond donors (Lipinski definition) is 2. The van der Waals surface area contributed by atoms with Crippen LogP contribution in [0.3, 0.4) is 0 Å². The summed E-state index contributed by atoms with van der Waals surface area (Å²) in [4.78, 5) is 26.5. The minimum atomic E-state index is -0.677. The Labute approximate surface area is 196 Å². The highest BCUT2D eigenvalue weighted by Crippen LogP contribution is 2.42. The molecule has 2 unspecified atom stereocenters. The van der Waals surface area contributed by atoms with Gasteiger partial charge >= 0.3 is 0 Å². The maximum atomic E-state index is 12.9. The number of fused-ring (bicyclic) bond motifs is 2. The monoisotopic (exact) mass is 458 g/mol. The number of benzene rings is 2. The number of carbonyl (C=O) groups excluding carboxylic acids is 1. The number of nitrogens with zero attached hydrogens (tertiary/aromatic N) is 4. The van der Waals surface area contributed by atoms with Crippen molar-refractivity contribution in [1.82, 2.24) is 19.2 Å². The van der Waals surface area contributed by atoms with Gasteiger partial charge in [0.15, 0.2) is 11.4 Å².